The van der Waals surface area contributed by atoms with Gasteiger partial charge < -0.3 is 99.2 Å². The van der Waals surface area contributed by atoms with Gasteiger partial charge in [-0.25, -0.2) is 0 Å². The van der Waals surface area contributed by atoms with Gasteiger partial charge in [0.2, 0.25) is 23.6 Å². The second-order valence-corrected chi connectivity index (χ2v) is 15.6. The smallest absolute Gasteiger partial charge is 0.322 e. The first kappa shape index (κ1) is 73.9. The summed E-state index contributed by atoms with van der Waals surface area (Å²) in [5, 5.41) is 40.4. The number of amides is 4. The number of aliphatic hydroxyl groups excluding tert-OH is 1. The molecule has 0 bridgehead atoms. The summed E-state index contributed by atoms with van der Waals surface area (Å²) in [6, 6.07) is 7.09. The van der Waals surface area contributed by atoms with E-state index in [1.165, 1.54) is 5.56 Å². The van der Waals surface area contributed by atoms with Gasteiger partial charge in [0.1, 0.15) is 44.0 Å². The van der Waals surface area contributed by atoms with Crippen LogP contribution in [0.1, 0.15) is 66.4 Å². The van der Waals surface area contributed by atoms with E-state index >= 15 is 0 Å². The fourth-order valence-electron chi connectivity index (χ4n) is 4.75. The van der Waals surface area contributed by atoms with Crippen LogP contribution in [0.3, 0.4) is 0 Å². The summed E-state index contributed by atoms with van der Waals surface area (Å²) in [7, 11) is 8.55. The van der Waals surface area contributed by atoms with Crippen LogP contribution in [-0.4, -0.2) is 188 Å². The highest BCUT2D eigenvalue weighted by atomic mass is 16.4. The molecule has 408 valence electrons. The maximum atomic E-state index is 11.8. The molecule has 1 aromatic carbocycles. The Bertz CT molecular complexity index is 1620. The van der Waals surface area contributed by atoms with E-state index in [2.05, 4.69) is 52.8 Å². The van der Waals surface area contributed by atoms with Crippen molar-refractivity contribution in [1.82, 2.24) is 47.9 Å². The van der Waals surface area contributed by atoms with Gasteiger partial charge in [-0.05, 0) is 85.7 Å². The van der Waals surface area contributed by atoms with Crippen molar-refractivity contribution in [2.24, 2.45) is 34.0 Å². The summed E-state index contributed by atoms with van der Waals surface area (Å²) >= 11 is 0. The molecule has 0 radical (unpaired) electrons. The van der Waals surface area contributed by atoms with Crippen molar-refractivity contribution in [1.29, 1.82) is 0 Å². The second-order valence-electron chi connectivity index (χ2n) is 15.6. The standard InChI is InChI=1S/C12H23N3O3.C10H21N5O2.C10H13NO.C8H16N2O3.C3H7NO2.C3H7NO/c1-5-8(2)10(12(18)14-6-7-16)15-11(17)9(3)13-4;1-7(13-2)9(17)15-8(6-16)4-3-5-14-10(11)12;1-11-10(8-12)7-9-5-3-2-4-6-9;1-5(2)7(9-3)8(13)10-4-6(11)12;4-3(1-5)2-6;1-4-2-3-5/h7-10,13H,5-6H2,1-4H3,(H,14,18)(H,15,17);6-8,13H,3-5H2,1-2H3,(H,15,17)(H4,11,12,14);2-6,8,10-11H,7H2,1H3;5,7,9H,4H2,1-3H3,(H,10,13)(H,11,12);1,3,6H,2,4H2;3-4H,2H2,1H3. The molecule has 0 heterocycles. The molecule has 71 heavy (non-hydrogen) atoms. The van der Waals surface area contributed by atoms with Crippen LogP contribution in [0, 0.1) is 11.8 Å². The van der Waals surface area contributed by atoms with Crippen molar-refractivity contribution in [3.05, 3.63) is 35.9 Å². The van der Waals surface area contributed by atoms with E-state index in [9.17, 15) is 47.9 Å². The Labute approximate surface area is 419 Å². The number of nitrogens with one attached hydrogen (secondary N) is 9. The Morgan fingerprint density at radius 3 is 1.55 bits per heavy atom. The molecule has 0 saturated carbocycles. The summed E-state index contributed by atoms with van der Waals surface area (Å²) in [6.45, 7) is 11.3. The number of nitrogens with two attached hydrogens (primary N) is 3. The fourth-order valence-corrected chi connectivity index (χ4v) is 4.75. The van der Waals surface area contributed by atoms with Gasteiger partial charge in [-0.2, -0.15) is 0 Å². The van der Waals surface area contributed by atoms with Gasteiger partial charge in [0.25, 0.3) is 0 Å². The summed E-state index contributed by atoms with van der Waals surface area (Å²) in [6.07, 6.45) is 6.26. The summed E-state index contributed by atoms with van der Waals surface area (Å²) < 4.78 is 0. The van der Waals surface area contributed by atoms with Crippen LogP contribution in [0.15, 0.2) is 35.3 Å². The first-order valence-corrected chi connectivity index (χ1v) is 23.0. The number of hydrogen-bond donors (Lipinski definition) is 14. The molecule has 0 aliphatic rings. The zero-order valence-electron chi connectivity index (χ0n) is 43.5. The highest BCUT2D eigenvalue weighted by Crippen LogP contribution is 2.08. The number of rotatable bonds is 29. The molecule has 0 aliphatic carbocycles. The molecule has 1 rings (SSSR count). The van der Waals surface area contributed by atoms with Gasteiger partial charge >= 0.3 is 5.97 Å². The molecule has 1 aromatic rings. The predicted octanol–water partition coefficient (Wildman–Crippen LogP) is -3.87. The molecule has 0 saturated heterocycles. The lowest BCUT2D eigenvalue weighted by atomic mass is 9.98. The minimum atomic E-state index is -1.04. The quantitative estimate of drug-likeness (QED) is 0.0158. The molecule has 25 heteroatoms. The lowest BCUT2D eigenvalue weighted by Crippen LogP contribution is -2.54. The zero-order chi connectivity index (χ0) is 55.7. The number of guanidine groups is 1. The number of aliphatic imine (C=N–C) groups is 1. The van der Waals surface area contributed by atoms with Gasteiger partial charge in [0.15, 0.2) is 5.96 Å². The van der Waals surface area contributed by atoms with Crippen LogP contribution < -0.4 is 65.1 Å². The molecule has 8 unspecified atom stereocenters. The number of carboxylic acids is 1. The van der Waals surface area contributed by atoms with Crippen LogP contribution in [-0.2, 0) is 54.4 Å². The van der Waals surface area contributed by atoms with E-state index < -0.39 is 24.1 Å². The van der Waals surface area contributed by atoms with E-state index in [4.69, 9.17) is 27.4 Å². The number of carboxylic acid groups (broad SMARTS) is 1. The number of aliphatic carboxylic acids is 1. The Morgan fingerprint density at radius 2 is 1.20 bits per heavy atom. The lowest BCUT2D eigenvalue weighted by molar-refractivity contribution is -0.138. The Balaban J connectivity index is -0.000000256. The number of hydrogen-bond acceptors (Lipinski definition) is 18. The normalized spacial score (nSPS) is 13.2. The molecule has 0 spiro atoms. The average Bonchev–Trinajstić information content (AvgIpc) is 3.36. The summed E-state index contributed by atoms with van der Waals surface area (Å²) in [5.74, 6) is -1.90. The third-order valence-corrected chi connectivity index (χ3v) is 9.45. The molecule has 8 atom stereocenters. The highest BCUT2D eigenvalue weighted by molar-refractivity contribution is 5.90. The van der Waals surface area contributed by atoms with E-state index in [0.717, 1.165) is 31.7 Å². The Kier molecular flexibility index (Phi) is 52.3. The number of aliphatic hydroxyl groups is 1. The van der Waals surface area contributed by atoms with Crippen molar-refractivity contribution in [2.45, 2.75) is 110 Å². The molecule has 0 fully saturated rings. The topological polar surface area (TPSA) is 410 Å². The largest absolute Gasteiger partial charge is 0.480 e. The number of aldehydes is 5. The maximum absolute atomic E-state index is 11.8. The van der Waals surface area contributed by atoms with Crippen molar-refractivity contribution in [2.75, 3.05) is 68.0 Å². The van der Waals surface area contributed by atoms with Crippen molar-refractivity contribution in [3.63, 3.8) is 0 Å². The van der Waals surface area contributed by atoms with Crippen LogP contribution in [0.5, 0.6) is 0 Å². The lowest BCUT2D eigenvalue weighted by Gasteiger charge is -2.24. The van der Waals surface area contributed by atoms with E-state index in [-0.39, 0.29) is 85.3 Å². The predicted molar refractivity (Wildman–Crippen MR) is 274 cm³/mol. The third-order valence-electron chi connectivity index (χ3n) is 9.45. The molecule has 4 amide bonds. The first-order chi connectivity index (χ1) is 33.5. The molecular weight excluding hydrogens is 927 g/mol. The van der Waals surface area contributed by atoms with Crippen LogP contribution >= 0.6 is 0 Å². The van der Waals surface area contributed by atoms with Crippen LogP contribution in [0.4, 0.5) is 0 Å². The summed E-state index contributed by atoms with van der Waals surface area (Å²) in [4.78, 5) is 111. The number of nitrogens with zero attached hydrogens (tertiary/aromatic N) is 1. The highest BCUT2D eigenvalue weighted by Gasteiger charge is 2.27. The van der Waals surface area contributed by atoms with E-state index in [1.807, 2.05) is 58.0 Å². The van der Waals surface area contributed by atoms with Gasteiger partial charge in [-0.15, -0.1) is 0 Å². The maximum Gasteiger partial charge on any atom is 0.322 e. The number of carbonyl (C=O) groups is 10. The monoisotopic (exact) mass is 1010 g/mol. The molecule has 25 nitrogen and oxygen atoms in total. The average molecular weight is 1010 g/mol. The van der Waals surface area contributed by atoms with Crippen LogP contribution in [0.25, 0.3) is 0 Å². The summed E-state index contributed by atoms with van der Waals surface area (Å²) in [5.41, 5.74) is 16.4. The van der Waals surface area contributed by atoms with Crippen molar-refractivity contribution < 1.29 is 58.2 Å². The Hall–Kier alpha value is -6.09. The Morgan fingerprint density at radius 1 is 0.676 bits per heavy atom. The van der Waals surface area contributed by atoms with Gasteiger partial charge in [-0.1, -0.05) is 64.4 Å². The fraction of sp³-hybridized carbons (Fsp3) is 0.630. The van der Waals surface area contributed by atoms with Crippen LogP contribution in [0.2, 0.25) is 0 Å². The van der Waals surface area contributed by atoms with Gasteiger partial charge in [0, 0.05) is 6.54 Å². The molecule has 0 aliphatic heterocycles. The first-order valence-electron chi connectivity index (χ1n) is 23.0. The number of benzene rings is 1. The second kappa shape index (κ2) is 50.3. The van der Waals surface area contributed by atoms with Gasteiger partial charge in [-0.3, -0.25) is 29.0 Å². The molecule has 17 N–H and O–H groups in total. The zero-order valence-corrected chi connectivity index (χ0v) is 43.5. The molecular formula is C46H87N13O12. The van der Waals surface area contributed by atoms with Crippen molar-refractivity contribution in [3.8, 4) is 0 Å². The number of carbonyl (C=O) groups excluding carboxylic acids is 9. The third kappa shape index (κ3) is 44.8. The molecule has 0 aromatic heterocycles. The van der Waals surface area contributed by atoms with Crippen molar-refractivity contribution >= 4 is 67.0 Å². The minimum Gasteiger partial charge on any atom is -0.480 e. The van der Waals surface area contributed by atoms with Gasteiger partial charge in [0.05, 0.1) is 55.9 Å². The number of likely N-dealkylation sites (N-methyl/N-ethyl adjacent to an activating group) is 5. The van der Waals surface area contributed by atoms with E-state index in [0.29, 0.717) is 38.5 Å². The minimum absolute atomic E-state index is 0.00431. The SMILES string of the molecule is CCC(C)C(NC(=O)C(C)NC)C(=O)NCC=O.CNC(C(=O)NCC(=O)O)C(C)C.CNC(C)C(=O)NC(C=O)CCCN=C(N)N.CNC(C=O)Cc1ccccc1.CNCC=O.NC(C=O)CO. The van der Waals surface area contributed by atoms with E-state index in [1.54, 1.807) is 49.1 Å².